The van der Waals surface area contributed by atoms with Gasteiger partial charge in [-0.05, 0) is 62.7 Å². The van der Waals surface area contributed by atoms with Gasteiger partial charge in [-0.15, -0.1) is 0 Å². The van der Waals surface area contributed by atoms with E-state index in [1.165, 1.54) is 5.69 Å². The van der Waals surface area contributed by atoms with Crippen molar-refractivity contribution in [1.82, 2.24) is 4.57 Å². The number of aromatic nitrogens is 1. The molecule has 0 aliphatic heterocycles. The first-order valence-electron chi connectivity index (χ1n) is 11.4. The lowest BCUT2D eigenvalue weighted by Crippen LogP contribution is -2.28. The number of aryl methyl sites for hydroxylation is 1. The van der Waals surface area contributed by atoms with Crippen LogP contribution in [0.3, 0.4) is 0 Å². The Labute approximate surface area is 196 Å². The summed E-state index contributed by atoms with van der Waals surface area (Å²) in [6, 6.07) is 20.1. The third-order valence-electron chi connectivity index (χ3n) is 5.41. The van der Waals surface area contributed by atoms with Crippen LogP contribution in [0.15, 0.2) is 60.7 Å². The zero-order valence-electron chi connectivity index (χ0n) is 19.9. The van der Waals surface area contributed by atoms with Crippen molar-refractivity contribution in [3.8, 4) is 22.8 Å². The molecular formula is C27H33NO5. The Morgan fingerprint density at radius 3 is 2.45 bits per heavy atom. The van der Waals surface area contributed by atoms with Crippen LogP contribution in [0.1, 0.15) is 25.1 Å². The highest BCUT2D eigenvalue weighted by Crippen LogP contribution is 2.26. The van der Waals surface area contributed by atoms with Crippen molar-refractivity contribution in [3.63, 3.8) is 0 Å². The molecule has 3 aromatic rings. The standard InChI is InChI=1S/C27H33NO5/c1-5-31-26(27(29)32-6-2)18-21-11-13-23(14-12-21)33-17-16-28-20(3)10-15-25(28)22-8-7-9-24(19-22)30-4/h7-15,19,26H,5-6,16-18H2,1-4H3. The number of methoxy groups -OCH3 is 1. The SMILES string of the molecule is CCOC(=O)C(Cc1ccc(OCCn2c(C)ccc2-c2cccc(OC)c2)cc1)OCC. The maximum absolute atomic E-state index is 12.1. The number of carbonyl (C=O) groups is 1. The molecule has 0 bridgehead atoms. The van der Waals surface area contributed by atoms with Gasteiger partial charge in [0.2, 0.25) is 0 Å². The largest absolute Gasteiger partial charge is 0.497 e. The van der Waals surface area contributed by atoms with E-state index in [0.717, 1.165) is 34.9 Å². The van der Waals surface area contributed by atoms with Crippen LogP contribution in [0.25, 0.3) is 11.3 Å². The number of rotatable bonds is 12. The van der Waals surface area contributed by atoms with Crippen molar-refractivity contribution in [1.29, 1.82) is 0 Å². The van der Waals surface area contributed by atoms with E-state index in [9.17, 15) is 4.79 Å². The molecule has 6 heteroatoms. The number of hydrogen-bond acceptors (Lipinski definition) is 5. The topological polar surface area (TPSA) is 58.9 Å². The van der Waals surface area contributed by atoms with Crippen LogP contribution in [-0.4, -0.2) is 43.6 Å². The Bertz CT molecular complexity index is 1030. The van der Waals surface area contributed by atoms with Gasteiger partial charge in [0.25, 0.3) is 0 Å². The number of benzene rings is 2. The summed E-state index contributed by atoms with van der Waals surface area (Å²) in [4.78, 5) is 12.1. The monoisotopic (exact) mass is 451 g/mol. The van der Waals surface area contributed by atoms with Crippen LogP contribution in [0.2, 0.25) is 0 Å². The molecule has 3 rings (SSSR count). The third-order valence-corrected chi connectivity index (χ3v) is 5.41. The zero-order valence-corrected chi connectivity index (χ0v) is 19.9. The molecule has 0 saturated carbocycles. The first-order valence-corrected chi connectivity index (χ1v) is 11.4. The minimum Gasteiger partial charge on any atom is -0.497 e. The lowest BCUT2D eigenvalue weighted by Gasteiger charge is -2.16. The number of esters is 1. The molecular weight excluding hydrogens is 418 g/mol. The van der Waals surface area contributed by atoms with Gasteiger partial charge in [0.1, 0.15) is 18.1 Å². The van der Waals surface area contributed by atoms with Gasteiger partial charge < -0.3 is 23.5 Å². The molecule has 0 fully saturated rings. The highest BCUT2D eigenvalue weighted by molar-refractivity contribution is 5.75. The second kappa shape index (κ2) is 12.1. The summed E-state index contributed by atoms with van der Waals surface area (Å²) < 4.78 is 24.3. The predicted molar refractivity (Wildman–Crippen MR) is 129 cm³/mol. The molecule has 0 spiro atoms. The smallest absolute Gasteiger partial charge is 0.335 e. The van der Waals surface area contributed by atoms with Crippen molar-refractivity contribution in [2.45, 2.75) is 39.8 Å². The molecule has 176 valence electrons. The van der Waals surface area contributed by atoms with Gasteiger partial charge in [0.15, 0.2) is 6.10 Å². The predicted octanol–water partition coefficient (Wildman–Crippen LogP) is 5.06. The summed E-state index contributed by atoms with van der Waals surface area (Å²) in [6.07, 6.45) is -0.118. The minimum absolute atomic E-state index is 0.325. The summed E-state index contributed by atoms with van der Waals surface area (Å²) in [5.41, 5.74) is 4.41. The lowest BCUT2D eigenvalue weighted by atomic mass is 10.1. The Balaban J connectivity index is 1.59. The van der Waals surface area contributed by atoms with Crippen LogP contribution in [0.5, 0.6) is 11.5 Å². The maximum atomic E-state index is 12.1. The number of nitrogens with zero attached hydrogens (tertiary/aromatic N) is 1. The normalized spacial score (nSPS) is 11.8. The first-order chi connectivity index (χ1) is 16.0. The van der Waals surface area contributed by atoms with Gasteiger partial charge in [0, 0.05) is 30.0 Å². The maximum Gasteiger partial charge on any atom is 0.335 e. The van der Waals surface area contributed by atoms with E-state index >= 15 is 0 Å². The van der Waals surface area contributed by atoms with E-state index in [0.29, 0.717) is 26.2 Å². The first kappa shape index (κ1) is 24.4. The average Bonchev–Trinajstić information content (AvgIpc) is 3.20. The average molecular weight is 452 g/mol. The summed E-state index contributed by atoms with van der Waals surface area (Å²) in [6.45, 7) is 7.82. The molecule has 0 amide bonds. The van der Waals surface area contributed by atoms with Gasteiger partial charge in [-0.25, -0.2) is 4.79 Å². The van der Waals surface area contributed by atoms with Crippen LogP contribution in [0, 0.1) is 6.92 Å². The van der Waals surface area contributed by atoms with Gasteiger partial charge in [-0.2, -0.15) is 0 Å². The van der Waals surface area contributed by atoms with Crippen molar-refractivity contribution in [3.05, 3.63) is 71.9 Å². The van der Waals surface area contributed by atoms with Crippen molar-refractivity contribution >= 4 is 5.97 Å². The molecule has 0 aliphatic rings. The van der Waals surface area contributed by atoms with E-state index in [2.05, 4.69) is 29.7 Å². The molecule has 1 unspecified atom stereocenters. The fourth-order valence-corrected chi connectivity index (χ4v) is 3.74. The number of hydrogen-bond donors (Lipinski definition) is 0. The zero-order chi connectivity index (χ0) is 23.6. The Hall–Kier alpha value is -3.25. The highest BCUT2D eigenvalue weighted by atomic mass is 16.6. The number of carbonyl (C=O) groups excluding carboxylic acids is 1. The van der Waals surface area contributed by atoms with E-state index < -0.39 is 6.10 Å². The fourth-order valence-electron chi connectivity index (χ4n) is 3.74. The molecule has 2 aromatic carbocycles. The molecule has 33 heavy (non-hydrogen) atoms. The molecule has 1 heterocycles. The Kier molecular flexibility index (Phi) is 8.95. The van der Waals surface area contributed by atoms with Crippen LogP contribution in [-0.2, 0) is 27.2 Å². The van der Waals surface area contributed by atoms with E-state index in [1.54, 1.807) is 14.0 Å². The van der Waals surface area contributed by atoms with Gasteiger partial charge >= 0.3 is 5.97 Å². The summed E-state index contributed by atoms with van der Waals surface area (Å²) in [7, 11) is 1.68. The number of ether oxygens (including phenoxy) is 4. The molecule has 0 radical (unpaired) electrons. The van der Waals surface area contributed by atoms with Crippen molar-refractivity contribution in [2.75, 3.05) is 26.9 Å². The highest BCUT2D eigenvalue weighted by Gasteiger charge is 2.20. The molecule has 0 saturated heterocycles. The van der Waals surface area contributed by atoms with Crippen molar-refractivity contribution < 1.29 is 23.7 Å². The van der Waals surface area contributed by atoms with Gasteiger partial charge in [-0.3, -0.25) is 0 Å². The third kappa shape index (κ3) is 6.62. The van der Waals surface area contributed by atoms with Gasteiger partial charge in [-0.1, -0.05) is 24.3 Å². The van der Waals surface area contributed by atoms with Gasteiger partial charge in [0.05, 0.1) is 20.3 Å². The summed E-state index contributed by atoms with van der Waals surface area (Å²) in [5.74, 6) is 1.30. The van der Waals surface area contributed by atoms with E-state index in [1.807, 2.05) is 49.4 Å². The quantitative estimate of drug-likeness (QED) is 0.360. The molecule has 0 aliphatic carbocycles. The second-order valence-electron chi connectivity index (χ2n) is 7.64. The minimum atomic E-state index is -0.589. The molecule has 1 atom stereocenters. The Morgan fingerprint density at radius 2 is 1.76 bits per heavy atom. The van der Waals surface area contributed by atoms with E-state index in [-0.39, 0.29) is 5.97 Å². The molecule has 1 aromatic heterocycles. The fraction of sp³-hybridized carbons (Fsp3) is 0.370. The van der Waals surface area contributed by atoms with Crippen LogP contribution >= 0.6 is 0 Å². The van der Waals surface area contributed by atoms with Crippen molar-refractivity contribution in [2.24, 2.45) is 0 Å². The van der Waals surface area contributed by atoms with Crippen LogP contribution < -0.4 is 9.47 Å². The summed E-state index contributed by atoms with van der Waals surface area (Å²) >= 11 is 0. The molecule has 6 nitrogen and oxygen atoms in total. The lowest BCUT2D eigenvalue weighted by molar-refractivity contribution is -0.156. The second-order valence-corrected chi connectivity index (χ2v) is 7.64. The van der Waals surface area contributed by atoms with E-state index in [4.69, 9.17) is 18.9 Å². The molecule has 0 N–H and O–H groups in total. The Morgan fingerprint density at radius 1 is 0.970 bits per heavy atom. The van der Waals surface area contributed by atoms with Crippen LogP contribution in [0.4, 0.5) is 0 Å². The summed E-state index contributed by atoms with van der Waals surface area (Å²) in [5, 5.41) is 0.